The second-order valence-electron chi connectivity index (χ2n) is 3.37. The first-order valence-corrected chi connectivity index (χ1v) is 5.07. The average molecular weight is 251 g/mol. The Morgan fingerprint density at radius 3 is 2.72 bits per heavy atom. The molecule has 18 heavy (non-hydrogen) atoms. The molecule has 1 aromatic carbocycles. The number of carboxylic acids is 1. The Balaban J connectivity index is 2.66. The average Bonchev–Trinajstić information content (AvgIpc) is 2.34. The summed E-state index contributed by atoms with van der Waals surface area (Å²) in [6.45, 7) is -0.447. The highest BCUT2D eigenvalue weighted by Crippen LogP contribution is 2.24. The number of carbonyl (C=O) groups excluding carboxylic acids is 1. The maximum atomic E-state index is 11.2. The molecule has 6 nitrogen and oxygen atoms in total. The second kappa shape index (κ2) is 6.29. The third-order valence-corrected chi connectivity index (χ3v) is 2.07. The number of hydrogen-bond donors (Lipinski definition) is 3. The minimum absolute atomic E-state index is 0.0309. The van der Waals surface area contributed by atoms with Crippen LogP contribution in [0.2, 0.25) is 0 Å². The maximum absolute atomic E-state index is 11.2. The number of hydrogen-bond acceptors (Lipinski definition) is 4. The number of carbonyl (C=O) groups is 2. The fraction of sp³-hybridized carbons (Fsp3) is 0.167. The van der Waals surface area contributed by atoms with Crippen molar-refractivity contribution in [3.63, 3.8) is 0 Å². The van der Waals surface area contributed by atoms with E-state index in [4.69, 9.17) is 9.84 Å². The number of methoxy groups -OCH3 is 1. The highest BCUT2D eigenvalue weighted by atomic mass is 16.5. The second-order valence-corrected chi connectivity index (χ2v) is 3.37. The lowest BCUT2D eigenvalue weighted by Gasteiger charge is -2.03. The molecule has 0 spiro atoms. The van der Waals surface area contributed by atoms with E-state index in [0.717, 1.165) is 6.08 Å². The van der Waals surface area contributed by atoms with E-state index < -0.39 is 18.4 Å². The van der Waals surface area contributed by atoms with Crippen molar-refractivity contribution in [1.82, 2.24) is 5.32 Å². The summed E-state index contributed by atoms with van der Waals surface area (Å²) in [5, 5.41) is 20.1. The van der Waals surface area contributed by atoms with Gasteiger partial charge in [-0.05, 0) is 18.2 Å². The zero-order valence-corrected chi connectivity index (χ0v) is 9.71. The molecule has 1 rings (SSSR count). The number of rotatable bonds is 5. The van der Waals surface area contributed by atoms with Crippen molar-refractivity contribution in [2.75, 3.05) is 13.7 Å². The molecular weight excluding hydrogens is 238 g/mol. The minimum Gasteiger partial charge on any atom is -0.507 e. The van der Waals surface area contributed by atoms with Crippen LogP contribution < -0.4 is 10.1 Å². The first kappa shape index (κ1) is 13.6. The molecule has 96 valence electrons. The fourth-order valence-corrected chi connectivity index (χ4v) is 1.18. The van der Waals surface area contributed by atoms with Gasteiger partial charge in [-0.2, -0.15) is 0 Å². The van der Waals surface area contributed by atoms with E-state index in [1.165, 1.54) is 19.3 Å². The molecule has 1 amide bonds. The van der Waals surface area contributed by atoms with Crippen molar-refractivity contribution in [3.05, 3.63) is 29.8 Å². The van der Waals surface area contributed by atoms with E-state index in [1.807, 2.05) is 0 Å². The summed E-state index contributed by atoms with van der Waals surface area (Å²) in [4.78, 5) is 21.4. The predicted octanol–water partition coefficient (Wildman–Crippen LogP) is 0.615. The molecule has 0 bridgehead atoms. The lowest BCUT2D eigenvalue weighted by molar-refractivity contribution is -0.137. The Morgan fingerprint density at radius 1 is 1.44 bits per heavy atom. The lowest BCUT2D eigenvalue weighted by Crippen LogP contribution is -2.27. The predicted molar refractivity (Wildman–Crippen MR) is 64.3 cm³/mol. The van der Waals surface area contributed by atoms with Crippen LogP contribution in [0.15, 0.2) is 24.3 Å². The molecule has 0 aliphatic carbocycles. The first-order chi connectivity index (χ1) is 8.52. The van der Waals surface area contributed by atoms with Crippen LogP contribution in [0.1, 0.15) is 5.56 Å². The quantitative estimate of drug-likeness (QED) is 0.666. The molecule has 0 radical (unpaired) electrons. The highest BCUT2D eigenvalue weighted by Gasteiger charge is 2.02. The van der Waals surface area contributed by atoms with Crippen LogP contribution in [-0.2, 0) is 9.59 Å². The molecule has 3 N–H and O–H groups in total. The van der Waals surface area contributed by atoms with Crippen molar-refractivity contribution in [2.24, 2.45) is 0 Å². The molecule has 0 aromatic heterocycles. The number of ether oxygens (including phenoxy) is 1. The lowest BCUT2D eigenvalue weighted by atomic mass is 10.2. The summed E-state index contributed by atoms with van der Waals surface area (Å²) in [5.41, 5.74) is 0.432. The topological polar surface area (TPSA) is 95.9 Å². The molecule has 0 aliphatic rings. The summed E-state index contributed by atoms with van der Waals surface area (Å²) < 4.78 is 4.91. The monoisotopic (exact) mass is 251 g/mol. The molecule has 0 saturated heterocycles. The summed E-state index contributed by atoms with van der Waals surface area (Å²) >= 11 is 0. The van der Waals surface area contributed by atoms with Crippen molar-refractivity contribution in [1.29, 1.82) is 0 Å². The third kappa shape index (κ3) is 4.17. The van der Waals surface area contributed by atoms with Crippen LogP contribution in [0.25, 0.3) is 6.08 Å². The Bertz CT molecular complexity index is 481. The zero-order chi connectivity index (χ0) is 13.5. The standard InChI is InChI=1S/C12H13NO5/c1-18-9-4-2-8(10(14)6-9)3-5-11(15)13-7-12(16)17/h2-6,14H,7H2,1H3,(H,13,15)(H,16,17)/b5-3+. The molecule has 0 fully saturated rings. The van der Waals surface area contributed by atoms with Gasteiger partial charge in [0.2, 0.25) is 5.91 Å². The van der Waals surface area contributed by atoms with E-state index in [0.29, 0.717) is 11.3 Å². The molecule has 0 heterocycles. The molecule has 0 saturated carbocycles. The number of carboxylic acid groups (broad SMARTS) is 1. The maximum Gasteiger partial charge on any atom is 0.322 e. The summed E-state index contributed by atoms with van der Waals surface area (Å²) in [7, 11) is 1.48. The molecule has 0 atom stereocenters. The van der Waals surface area contributed by atoms with Crippen molar-refractivity contribution in [2.45, 2.75) is 0 Å². The van der Waals surface area contributed by atoms with Gasteiger partial charge in [0.15, 0.2) is 0 Å². The van der Waals surface area contributed by atoms with Gasteiger partial charge in [0.1, 0.15) is 18.0 Å². The Labute approximate surface area is 104 Å². The van der Waals surface area contributed by atoms with E-state index in [-0.39, 0.29) is 5.75 Å². The van der Waals surface area contributed by atoms with Crippen LogP contribution in [0, 0.1) is 0 Å². The molecule has 0 unspecified atom stereocenters. The number of aliphatic carboxylic acids is 1. The van der Waals surface area contributed by atoms with Gasteiger partial charge in [0.25, 0.3) is 0 Å². The zero-order valence-electron chi connectivity index (χ0n) is 9.71. The van der Waals surface area contributed by atoms with Gasteiger partial charge in [0, 0.05) is 17.7 Å². The van der Waals surface area contributed by atoms with Crippen molar-refractivity contribution >= 4 is 18.0 Å². The van der Waals surface area contributed by atoms with Crippen molar-refractivity contribution in [3.8, 4) is 11.5 Å². The van der Waals surface area contributed by atoms with Gasteiger partial charge in [-0.1, -0.05) is 0 Å². The van der Waals surface area contributed by atoms with E-state index >= 15 is 0 Å². The van der Waals surface area contributed by atoms with E-state index in [1.54, 1.807) is 12.1 Å². The largest absolute Gasteiger partial charge is 0.507 e. The van der Waals surface area contributed by atoms with Gasteiger partial charge < -0.3 is 20.3 Å². The van der Waals surface area contributed by atoms with Crippen LogP contribution >= 0.6 is 0 Å². The molecule has 6 heteroatoms. The van der Waals surface area contributed by atoms with Crippen LogP contribution in [-0.4, -0.2) is 35.7 Å². The van der Waals surface area contributed by atoms with Gasteiger partial charge in [-0.3, -0.25) is 9.59 Å². The van der Waals surface area contributed by atoms with Gasteiger partial charge >= 0.3 is 5.97 Å². The van der Waals surface area contributed by atoms with Gasteiger partial charge in [0.05, 0.1) is 7.11 Å². The summed E-state index contributed by atoms with van der Waals surface area (Å²) in [6.07, 6.45) is 2.52. The first-order valence-electron chi connectivity index (χ1n) is 5.07. The van der Waals surface area contributed by atoms with Gasteiger partial charge in [-0.15, -0.1) is 0 Å². The Morgan fingerprint density at radius 2 is 2.17 bits per heavy atom. The van der Waals surface area contributed by atoms with Crippen molar-refractivity contribution < 1.29 is 24.5 Å². The Kier molecular flexibility index (Phi) is 4.74. The van der Waals surface area contributed by atoms with E-state index in [9.17, 15) is 14.7 Å². The summed E-state index contributed by atoms with van der Waals surface area (Å²) in [6, 6.07) is 4.62. The number of benzene rings is 1. The minimum atomic E-state index is -1.12. The molecule has 1 aromatic rings. The highest BCUT2D eigenvalue weighted by molar-refractivity contribution is 5.93. The smallest absolute Gasteiger partial charge is 0.322 e. The number of phenolic OH excluding ortho intramolecular Hbond substituents is 1. The van der Waals surface area contributed by atoms with Crippen LogP contribution in [0.3, 0.4) is 0 Å². The SMILES string of the molecule is COc1ccc(/C=C/C(=O)NCC(=O)O)c(O)c1. The number of phenols is 1. The van der Waals surface area contributed by atoms with Gasteiger partial charge in [-0.25, -0.2) is 0 Å². The molecule has 0 aliphatic heterocycles. The number of nitrogens with one attached hydrogen (secondary N) is 1. The Hall–Kier alpha value is -2.50. The fourth-order valence-electron chi connectivity index (χ4n) is 1.18. The summed E-state index contributed by atoms with van der Waals surface area (Å²) in [5.74, 6) is -1.20. The third-order valence-electron chi connectivity index (χ3n) is 2.07. The van der Waals surface area contributed by atoms with E-state index in [2.05, 4.69) is 5.32 Å². The molecular formula is C12H13NO5. The number of aromatic hydroxyl groups is 1. The van der Waals surface area contributed by atoms with Crippen LogP contribution in [0.5, 0.6) is 11.5 Å². The number of amides is 1. The normalized spacial score (nSPS) is 10.3. The van der Waals surface area contributed by atoms with Crippen LogP contribution in [0.4, 0.5) is 0 Å².